The lowest BCUT2D eigenvalue weighted by atomic mass is 10.0. The highest BCUT2D eigenvalue weighted by molar-refractivity contribution is 5.75. The number of rotatable bonds is 9. The van der Waals surface area contributed by atoms with E-state index < -0.39 is 0 Å². The Morgan fingerprint density at radius 3 is 2.28 bits per heavy atom. The van der Waals surface area contributed by atoms with Crippen molar-refractivity contribution >= 4 is 5.91 Å². The van der Waals surface area contributed by atoms with E-state index >= 15 is 0 Å². The summed E-state index contributed by atoms with van der Waals surface area (Å²) in [7, 11) is 0. The lowest BCUT2D eigenvalue weighted by Crippen LogP contribution is -2.31. The molecular weight excluding hydrogens is 226 g/mol. The molecule has 108 valence electrons. The van der Waals surface area contributed by atoms with Crippen LogP contribution in [0.4, 0.5) is 0 Å². The molecule has 0 unspecified atom stereocenters. The average molecular weight is 257 g/mol. The maximum absolute atomic E-state index is 11.6. The van der Waals surface area contributed by atoms with Gasteiger partial charge in [-0.3, -0.25) is 4.79 Å². The first-order valence-corrected chi connectivity index (χ1v) is 7.13. The predicted molar refractivity (Wildman–Crippen MR) is 76.6 cm³/mol. The van der Waals surface area contributed by atoms with Crippen LogP contribution < -0.4 is 5.32 Å². The molecule has 0 saturated heterocycles. The second-order valence-electron chi connectivity index (χ2n) is 6.49. The first-order chi connectivity index (χ1) is 8.23. The molecule has 0 aliphatic heterocycles. The van der Waals surface area contributed by atoms with Crippen molar-refractivity contribution in [3.05, 3.63) is 0 Å². The highest BCUT2D eigenvalue weighted by atomic mass is 16.5. The molecule has 0 atom stereocenters. The summed E-state index contributed by atoms with van der Waals surface area (Å²) in [6.07, 6.45) is 2.39. The van der Waals surface area contributed by atoms with E-state index in [1.807, 2.05) is 0 Å². The molecule has 0 bridgehead atoms. The summed E-state index contributed by atoms with van der Waals surface area (Å²) in [5.74, 6) is 1.30. The first-order valence-electron chi connectivity index (χ1n) is 7.13. The van der Waals surface area contributed by atoms with E-state index in [1.54, 1.807) is 0 Å². The lowest BCUT2D eigenvalue weighted by Gasteiger charge is -2.25. The van der Waals surface area contributed by atoms with Gasteiger partial charge in [-0.2, -0.15) is 0 Å². The summed E-state index contributed by atoms with van der Waals surface area (Å²) in [5, 5.41) is 2.93. The Hall–Kier alpha value is -0.570. The van der Waals surface area contributed by atoms with Crippen LogP contribution in [0.5, 0.6) is 0 Å². The maximum Gasteiger partial charge on any atom is 0.220 e. The third-order valence-electron chi connectivity index (χ3n) is 2.85. The van der Waals surface area contributed by atoms with Gasteiger partial charge in [-0.25, -0.2) is 0 Å². The molecule has 0 aromatic carbocycles. The van der Waals surface area contributed by atoms with Crippen LogP contribution in [0, 0.1) is 11.8 Å². The zero-order valence-electron chi connectivity index (χ0n) is 13.0. The second-order valence-corrected chi connectivity index (χ2v) is 6.49. The Morgan fingerprint density at radius 1 is 1.17 bits per heavy atom. The number of ether oxygens (including phenoxy) is 1. The van der Waals surface area contributed by atoms with E-state index in [1.165, 1.54) is 0 Å². The van der Waals surface area contributed by atoms with E-state index in [0.717, 1.165) is 26.0 Å². The van der Waals surface area contributed by atoms with Crippen molar-refractivity contribution in [2.45, 2.75) is 66.4 Å². The van der Waals surface area contributed by atoms with Gasteiger partial charge in [-0.1, -0.05) is 27.7 Å². The number of carbonyl (C=O) groups excluding carboxylic acids is 1. The van der Waals surface area contributed by atoms with E-state index in [0.29, 0.717) is 18.3 Å². The normalized spacial score (nSPS) is 12.2. The number of hydrogen-bond donors (Lipinski definition) is 1. The van der Waals surface area contributed by atoms with Crippen molar-refractivity contribution in [1.29, 1.82) is 0 Å². The van der Waals surface area contributed by atoms with Gasteiger partial charge >= 0.3 is 0 Å². The van der Waals surface area contributed by atoms with Crippen LogP contribution in [0.3, 0.4) is 0 Å². The van der Waals surface area contributed by atoms with Gasteiger partial charge in [0.25, 0.3) is 0 Å². The SMILES string of the molecule is CC(C)CCOC(C)(C)CCC(=O)NCC(C)C. The van der Waals surface area contributed by atoms with Crippen LogP contribution in [0.15, 0.2) is 0 Å². The van der Waals surface area contributed by atoms with E-state index in [4.69, 9.17) is 4.74 Å². The van der Waals surface area contributed by atoms with Gasteiger partial charge in [0, 0.05) is 19.6 Å². The summed E-state index contributed by atoms with van der Waals surface area (Å²) in [5.41, 5.74) is -0.204. The van der Waals surface area contributed by atoms with Crippen LogP contribution >= 0.6 is 0 Å². The fourth-order valence-electron chi connectivity index (χ4n) is 1.46. The zero-order valence-corrected chi connectivity index (χ0v) is 13.0. The van der Waals surface area contributed by atoms with Crippen molar-refractivity contribution in [3.63, 3.8) is 0 Å². The third kappa shape index (κ3) is 10.6. The van der Waals surface area contributed by atoms with Gasteiger partial charge in [0.05, 0.1) is 5.60 Å². The average Bonchev–Trinajstić information content (AvgIpc) is 2.22. The molecule has 18 heavy (non-hydrogen) atoms. The molecule has 1 N–H and O–H groups in total. The second kappa shape index (κ2) is 8.52. The molecule has 0 aliphatic rings. The highest BCUT2D eigenvalue weighted by Crippen LogP contribution is 2.17. The molecule has 3 heteroatoms. The Morgan fingerprint density at radius 2 is 1.78 bits per heavy atom. The van der Waals surface area contributed by atoms with Crippen LogP contribution in [-0.4, -0.2) is 24.7 Å². The van der Waals surface area contributed by atoms with Crippen molar-refractivity contribution in [2.24, 2.45) is 11.8 Å². The molecule has 0 fully saturated rings. The summed E-state index contributed by atoms with van der Waals surface area (Å²) in [6, 6.07) is 0. The maximum atomic E-state index is 11.6. The number of carbonyl (C=O) groups is 1. The first kappa shape index (κ1) is 17.4. The lowest BCUT2D eigenvalue weighted by molar-refractivity contribution is -0.123. The molecule has 3 nitrogen and oxygen atoms in total. The molecular formula is C15H31NO2. The van der Waals surface area contributed by atoms with Crippen molar-refractivity contribution in [1.82, 2.24) is 5.32 Å². The third-order valence-corrected chi connectivity index (χ3v) is 2.85. The largest absolute Gasteiger partial charge is 0.376 e. The van der Waals surface area contributed by atoms with Crippen molar-refractivity contribution < 1.29 is 9.53 Å². The van der Waals surface area contributed by atoms with E-state index in [-0.39, 0.29) is 11.5 Å². The predicted octanol–water partition coefficient (Wildman–Crippen LogP) is 3.38. The molecule has 0 spiro atoms. The highest BCUT2D eigenvalue weighted by Gasteiger charge is 2.19. The molecule has 0 radical (unpaired) electrons. The summed E-state index contributed by atoms with van der Waals surface area (Å²) in [6.45, 7) is 14.2. The van der Waals surface area contributed by atoms with Crippen molar-refractivity contribution in [3.8, 4) is 0 Å². The number of amides is 1. The molecule has 0 aromatic rings. The number of nitrogens with one attached hydrogen (secondary N) is 1. The minimum Gasteiger partial charge on any atom is -0.376 e. The topological polar surface area (TPSA) is 38.3 Å². The number of hydrogen-bond acceptors (Lipinski definition) is 2. The molecule has 0 saturated carbocycles. The standard InChI is InChI=1S/C15H31NO2/c1-12(2)8-10-18-15(5,6)9-7-14(17)16-11-13(3)4/h12-13H,7-11H2,1-6H3,(H,16,17). The van der Waals surface area contributed by atoms with Crippen molar-refractivity contribution in [2.75, 3.05) is 13.2 Å². The Bertz CT molecular complexity index is 235. The minimum atomic E-state index is -0.204. The Labute approximate surface area is 113 Å². The molecule has 0 aliphatic carbocycles. The van der Waals surface area contributed by atoms with E-state index in [2.05, 4.69) is 46.9 Å². The van der Waals surface area contributed by atoms with Crippen LogP contribution in [0.1, 0.15) is 60.8 Å². The minimum absolute atomic E-state index is 0.129. The Balaban J connectivity index is 3.77. The van der Waals surface area contributed by atoms with E-state index in [9.17, 15) is 4.79 Å². The smallest absolute Gasteiger partial charge is 0.220 e. The summed E-state index contributed by atoms with van der Waals surface area (Å²) < 4.78 is 5.84. The quantitative estimate of drug-likeness (QED) is 0.687. The monoisotopic (exact) mass is 257 g/mol. The molecule has 1 amide bonds. The van der Waals surface area contributed by atoms with Crippen LogP contribution in [0.2, 0.25) is 0 Å². The summed E-state index contributed by atoms with van der Waals surface area (Å²) in [4.78, 5) is 11.6. The zero-order chi connectivity index (χ0) is 14.2. The van der Waals surface area contributed by atoms with Gasteiger partial charge in [0.15, 0.2) is 0 Å². The van der Waals surface area contributed by atoms with Gasteiger partial charge in [0.1, 0.15) is 0 Å². The summed E-state index contributed by atoms with van der Waals surface area (Å²) >= 11 is 0. The van der Waals surface area contributed by atoms with Gasteiger partial charge < -0.3 is 10.1 Å². The van der Waals surface area contributed by atoms with Gasteiger partial charge in [-0.05, 0) is 38.5 Å². The molecule has 0 aromatic heterocycles. The van der Waals surface area contributed by atoms with Crippen LogP contribution in [0.25, 0.3) is 0 Å². The Kier molecular flexibility index (Phi) is 8.25. The van der Waals surface area contributed by atoms with Crippen LogP contribution in [-0.2, 0) is 9.53 Å². The fraction of sp³-hybridized carbons (Fsp3) is 0.933. The molecule has 0 heterocycles. The fourth-order valence-corrected chi connectivity index (χ4v) is 1.46. The molecule has 0 rings (SSSR count). The van der Waals surface area contributed by atoms with Gasteiger partial charge in [0.2, 0.25) is 5.91 Å². The van der Waals surface area contributed by atoms with Gasteiger partial charge in [-0.15, -0.1) is 0 Å².